The molecule has 0 radical (unpaired) electrons. The summed E-state index contributed by atoms with van der Waals surface area (Å²) in [5, 5.41) is 9.21. The summed E-state index contributed by atoms with van der Waals surface area (Å²) in [5.41, 5.74) is 0. The van der Waals surface area contributed by atoms with Crippen LogP contribution in [0, 0.1) is 0 Å². The average molecular weight is 262 g/mol. The lowest BCUT2D eigenvalue weighted by Gasteiger charge is -2.14. The van der Waals surface area contributed by atoms with Crippen molar-refractivity contribution in [2.24, 2.45) is 0 Å². The molecule has 0 bridgehead atoms. The van der Waals surface area contributed by atoms with Gasteiger partial charge in [-0.25, -0.2) is 0 Å². The van der Waals surface area contributed by atoms with Gasteiger partial charge < -0.3 is 10.0 Å². The van der Waals surface area contributed by atoms with Crippen molar-refractivity contribution < 1.29 is 14.7 Å². The molecule has 1 aromatic heterocycles. The molecule has 0 aromatic carbocycles. The van der Waals surface area contributed by atoms with Crippen LogP contribution >= 0.6 is 22.9 Å². The minimum atomic E-state index is -0.880. The van der Waals surface area contributed by atoms with Gasteiger partial charge in [0, 0.05) is 19.9 Å². The zero-order chi connectivity index (χ0) is 12.1. The molecule has 1 aromatic rings. The summed E-state index contributed by atoms with van der Waals surface area (Å²) in [6, 6.07) is 3.49. The fraction of sp³-hybridized carbons (Fsp3) is 0.400. The number of anilines is 1. The fourth-order valence-corrected chi connectivity index (χ4v) is 2.18. The van der Waals surface area contributed by atoms with Gasteiger partial charge in [0.1, 0.15) is 0 Å². The third-order valence-electron chi connectivity index (χ3n) is 2.04. The number of thiophene rings is 1. The number of amides is 1. The van der Waals surface area contributed by atoms with Crippen molar-refractivity contribution in [1.82, 2.24) is 0 Å². The van der Waals surface area contributed by atoms with E-state index in [1.165, 1.54) is 16.2 Å². The number of rotatable bonds is 5. The van der Waals surface area contributed by atoms with Crippen LogP contribution in [0.15, 0.2) is 12.1 Å². The topological polar surface area (TPSA) is 57.6 Å². The number of hydrogen-bond acceptors (Lipinski definition) is 3. The molecule has 6 heteroatoms. The SMILES string of the molecule is CN(C(=O)CCCC(=O)O)c1ccc(Cl)s1. The van der Waals surface area contributed by atoms with E-state index in [0.29, 0.717) is 10.8 Å². The molecule has 0 aliphatic rings. The van der Waals surface area contributed by atoms with Gasteiger partial charge in [-0.2, -0.15) is 0 Å². The van der Waals surface area contributed by atoms with E-state index in [-0.39, 0.29) is 18.7 Å². The number of carbonyl (C=O) groups is 2. The molecule has 0 unspecified atom stereocenters. The smallest absolute Gasteiger partial charge is 0.303 e. The van der Waals surface area contributed by atoms with Crippen LogP contribution in [-0.2, 0) is 9.59 Å². The fourth-order valence-electron chi connectivity index (χ4n) is 1.17. The molecule has 1 N–H and O–H groups in total. The first-order valence-electron chi connectivity index (χ1n) is 4.74. The molecule has 1 heterocycles. The van der Waals surface area contributed by atoms with Gasteiger partial charge in [0.25, 0.3) is 0 Å². The summed E-state index contributed by atoms with van der Waals surface area (Å²) in [7, 11) is 1.66. The van der Waals surface area contributed by atoms with Gasteiger partial charge in [0.2, 0.25) is 5.91 Å². The van der Waals surface area contributed by atoms with Crippen LogP contribution in [0.2, 0.25) is 4.34 Å². The lowest BCUT2D eigenvalue weighted by molar-refractivity contribution is -0.137. The summed E-state index contributed by atoms with van der Waals surface area (Å²) in [4.78, 5) is 23.4. The van der Waals surface area contributed by atoms with E-state index in [0.717, 1.165) is 5.00 Å². The molecule has 0 aliphatic heterocycles. The second kappa shape index (κ2) is 5.86. The minimum Gasteiger partial charge on any atom is -0.481 e. The van der Waals surface area contributed by atoms with Crippen LogP contribution in [0.4, 0.5) is 5.00 Å². The number of carboxylic acid groups (broad SMARTS) is 1. The molecule has 0 atom stereocenters. The maximum Gasteiger partial charge on any atom is 0.303 e. The highest BCUT2D eigenvalue weighted by atomic mass is 35.5. The van der Waals surface area contributed by atoms with E-state index in [2.05, 4.69) is 0 Å². The van der Waals surface area contributed by atoms with Crippen LogP contribution in [-0.4, -0.2) is 24.0 Å². The lowest BCUT2D eigenvalue weighted by Crippen LogP contribution is -2.25. The molecular weight excluding hydrogens is 250 g/mol. The molecule has 0 spiro atoms. The lowest BCUT2D eigenvalue weighted by atomic mass is 10.2. The Hall–Kier alpha value is -1.07. The molecule has 0 saturated heterocycles. The summed E-state index contributed by atoms with van der Waals surface area (Å²) in [6.07, 6.45) is 0.612. The first-order chi connectivity index (χ1) is 7.50. The number of carbonyl (C=O) groups excluding carboxylic acids is 1. The number of nitrogens with zero attached hydrogens (tertiary/aromatic N) is 1. The Morgan fingerprint density at radius 2 is 2.12 bits per heavy atom. The molecular formula is C10H12ClNO3S. The van der Waals surface area contributed by atoms with E-state index >= 15 is 0 Å². The molecule has 0 saturated carbocycles. The highest BCUT2D eigenvalue weighted by molar-refractivity contribution is 7.20. The largest absolute Gasteiger partial charge is 0.481 e. The third kappa shape index (κ3) is 3.83. The normalized spacial score (nSPS) is 10.1. The molecule has 0 fully saturated rings. The minimum absolute atomic E-state index is 0.0186. The highest BCUT2D eigenvalue weighted by Gasteiger charge is 2.12. The number of carboxylic acids is 1. The first-order valence-corrected chi connectivity index (χ1v) is 5.94. The number of halogens is 1. The second-order valence-corrected chi connectivity index (χ2v) is 4.97. The van der Waals surface area contributed by atoms with Gasteiger partial charge in [0.05, 0.1) is 9.34 Å². The Kier molecular flexibility index (Phi) is 4.76. The second-order valence-electron chi connectivity index (χ2n) is 3.28. The van der Waals surface area contributed by atoms with Crippen LogP contribution in [0.3, 0.4) is 0 Å². The van der Waals surface area contributed by atoms with E-state index < -0.39 is 5.97 Å². The number of aliphatic carboxylic acids is 1. The van der Waals surface area contributed by atoms with Crippen LogP contribution in [0.1, 0.15) is 19.3 Å². The average Bonchev–Trinajstić information content (AvgIpc) is 2.63. The Labute approximate surface area is 102 Å². The Morgan fingerprint density at radius 3 is 2.62 bits per heavy atom. The quantitative estimate of drug-likeness (QED) is 0.886. The van der Waals surface area contributed by atoms with Gasteiger partial charge >= 0.3 is 5.97 Å². The Bertz CT molecular complexity index is 391. The van der Waals surface area contributed by atoms with E-state index in [9.17, 15) is 9.59 Å². The van der Waals surface area contributed by atoms with Crippen molar-refractivity contribution in [3.63, 3.8) is 0 Å². The summed E-state index contributed by atoms with van der Waals surface area (Å²) < 4.78 is 0.625. The van der Waals surface area contributed by atoms with E-state index in [1.807, 2.05) is 0 Å². The highest BCUT2D eigenvalue weighted by Crippen LogP contribution is 2.29. The Morgan fingerprint density at radius 1 is 1.44 bits per heavy atom. The summed E-state index contributed by atoms with van der Waals surface area (Å²) in [6.45, 7) is 0. The standard InChI is InChI=1S/C10H12ClNO3S/c1-12(9-6-5-7(11)16-9)8(13)3-2-4-10(14)15/h5-6H,2-4H2,1H3,(H,14,15). The van der Waals surface area contributed by atoms with Crippen molar-refractivity contribution in [3.05, 3.63) is 16.5 Å². The zero-order valence-corrected chi connectivity index (χ0v) is 10.3. The maximum absolute atomic E-state index is 11.6. The van der Waals surface area contributed by atoms with Crippen molar-refractivity contribution in [2.75, 3.05) is 11.9 Å². The number of hydrogen-bond donors (Lipinski definition) is 1. The van der Waals surface area contributed by atoms with Crippen molar-refractivity contribution in [1.29, 1.82) is 0 Å². The van der Waals surface area contributed by atoms with Crippen molar-refractivity contribution >= 4 is 39.8 Å². The summed E-state index contributed by atoms with van der Waals surface area (Å²) >= 11 is 7.08. The van der Waals surface area contributed by atoms with Gasteiger partial charge in [-0.1, -0.05) is 11.6 Å². The van der Waals surface area contributed by atoms with E-state index in [4.69, 9.17) is 16.7 Å². The molecule has 0 aliphatic carbocycles. The van der Waals surface area contributed by atoms with Gasteiger partial charge in [-0.3, -0.25) is 9.59 Å². The van der Waals surface area contributed by atoms with Gasteiger partial charge in [-0.15, -0.1) is 11.3 Å². The first kappa shape index (κ1) is 13.0. The van der Waals surface area contributed by atoms with Crippen LogP contribution in [0.5, 0.6) is 0 Å². The predicted molar refractivity (Wildman–Crippen MR) is 64.2 cm³/mol. The monoisotopic (exact) mass is 261 g/mol. The predicted octanol–water partition coefficient (Wildman–Crippen LogP) is 2.62. The molecule has 16 heavy (non-hydrogen) atoms. The molecule has 4 nitrogen and oxygen atoms in total. The molecule has 88 valence electrons. The van der Waals surface area contributed by atoms with Crippen molar-refractivity contribution in [2.45, 2.75) is 19.3 Å². The Balaban J connectivity index is 2.45. The zero-order valence-electron chi connectivity index (χ0n) is 8.77. The van der Waals surface area contributed by atoms with Gasteiger partial charge in [-0.05, 0) is 18.6 Å². The van der Waals surface area contributed by atoms with Gasteiger partial charge in [0.15, 0.2) is 0 Å². The molecule has 1 rings (SSSR count). The third-order valence-corrected chi connectivity index (χ3v) is 3.35. The maximum atomic E-state index is 11.6. The molecule has 1 amide bonds. The van der Waals surface area contributed by atoms with E-state index in [1.54, 1.807) is 19.2 Å². The van der Waals surface area contributed by atoms with Crippen molar-refractivity contribution in [3.8, 4) is 0 Å². The van der Waals surface area contributed by atoms with Crippen LogP contribution < -0.4 is 4.90 Å². The summed E-state index contributed by atoms with van der Waals surface area (Å²) in [5.74, 6) is -0.977. The van der Waals surface area contributed by atoms with Crippen LogP contribution in [0.25, 0.3) is 0 Å².